The highest BCUT2D eigenvalue weighted by Gasteiger charge is 2.27. The molecule has 0 aromatic heterocycles. The van der Waals surface area contributed by atoms with E-state index < -0.39 is 17.2 Å². The molecule has 3 nitrogen and oxygen atoms in total. The van der Waals surface area contributed by atoms with Gasteiger partial charge in [-0.15, -0.1) is 0 Å². The first-order valence-electron chi connectivity index (χ1n) is 5.34. The van der Waals surface area contributed by atoms with Crippen LogP contribution in [0.2, 0.25) is 0 Å². The van der Waals surface area contributed by atoms with E-state index in [4.69, 9.17) is 5.73 Å². The highest BCUT2D eigenvalue weighted by molar-refractivity contribution is 7.80. The van der Waals surface area contributed by atoms with Gasteiger partial charge in [0.2, 0.25) is 0 Å². The van der Waals surface area contributed by atoms with Crippen molar-refractivity contribution < 1.29 is 13.9 Å². The molecule has 0 radical (unpaired) electrons. The zero-order chi connectivity index (χ0) is 14.1. The summed E-state index contributed by atoms with van der Waals surface area (Å²) in [5.41, 5.74) is 4.47. The molecule has 0 atom stereocenters. The third kappa shape index (κ3) is 2.76. The van der Waals surface area contributed by atoms with E-state index in [1.807, 2.05) is 0 Å². The Labute approximate surface area is 110 Å². The molecule has 0 aliphatic carbocycles. The maximum absolute atomic E-state index is 13.9. The number of nitrogens with two attached hydrogens (primary N) is 1. The number of hydrogen-bond donors (Lipinski definition) is 2. The second kappa shape index (κ2) is 5.16. The van der Waals surface area contributed by atoms with E-state index in [2.05, 4.69) is 12.2 Å². The number of aliphatic hydroxyl groups is 1. The van der Waals surface area contributed by atoms with Crippen molar-refractivity contribution in [3.63, 3.8) is 0 Å². The largest absolute Gasteiger partial charge is 0.394 e. The molecule has 1 rings (SSSR count). The molecule has 18 heavy (non-hydrogen) atoms. The molecule has 0 fully saturated rings. The highest BCUT2D eigenvalue weighted by Crippen LogP contribution is 2.29. The molecule has 0 bridgehead atoms. The second-order valence-electron chi connectivity index (χ2n) is 4.68. The van der Waals surface area contributed by atoms with Gasteiger partial charge in [-0.05, 0) is 26.0 Å². The van der Waals surface area contributed by atoms with Crippen LogP contribution in [0.25, 0.3) is 0 Å². The summed E-state index contributed by atoms with van der Waals surface area (Å²) in [5, 5.41) is 9.22. The number of halogens is 2. The Morgan fingerprint density at radius 2 is 1.83 bits per heavy atom. The van der Waals surface area contributed by atoms with Crippen LogP contribution in [0.15, 0.2) is 12.1 Å². The molecule has 3 N–H and O–H groups in total. The first kappa shape index (κ1) is 14.8. The van der Waals surface area contributed by atoms with Crippen molar-refractivity contribution in [3.8, 4) is 0 Å². The fraction of sp³-hybridized carbons (Fsp3) is 0.417. The van der Waals surface area contributed by atoms with E-state index in [1.165, 1.54) is 11.9 Å². The van der Waals surface area contributed by atoms with Gasteiger partial charge in [0.05, 0.1) is 12.1 Å². The number of likely N-dealkylation sites (N-methyl/N-ethyl adjacent to an activating group) is 1. The predicted molar refractivity (Wildman–Crippen MR) is 71.8 cm³/mol. The molecule has 0 amide bonds. The number of benzene rings is 1. The Balaban J connectivity index is 3.31. The van der Waals surface area contributed by atoms with Gasteiger partial charge in [-0.1, -0.05) is 12.2 Å². The predicted octanol–water partition coefficient (Wildman–Crippen LogP) is 1.81. The van der Waals surface area contributed by atoms with E-state index in [0.29, 0.717) is 0 Å². The molecule has 0 heterocycles. The molecule has 0 aliphatic rings. The summed E-state index contributed by atoms with van der Waals surface area (Å²) in [5.74, 6) is -1.52. The lowest BCUT2D eigenvalue weighted by Gasteiger charge is -2.36. The third-order valence-electron chi connectivity index (χ3n) is 2.93. The molecule has 0 saturated heterocycles. The van der Waals surface area contributed by atoms with E-state index in [-0.39, 0.29) is 22.8 Å². The number of thiocarbonyl (C=S) groups is 1. The van der Waals surface area contributed by atoms with Gasteiger partial charge in [0.15, 0.2) is 0 Å². The Hall–Kier alpha value is -1.27. The summed E-state index contributed by atoms with van der Waals surface area (Å²) < 4.78 is 27.8. The van der Waals surface area contributed by atoms with Gasteiger partial charge in [-0.3, -0.25) is 0 Å². The molecule has 6 heteroatoms. The normalized spacial score (nSPS) is 11.4. The Morgan fingerprint density at radius 3 is 2.17 bits per heavy atom. The van der Waals surface area contributed by atoms with Crippen molar-refractivity contribution in [2.45, 2.75) is 19.4 Å². The smallest absolute Gasteiger partial charge is 0.150 e. The Morgan fingerprint density at radius 1 is 1.39 bits per heavy atom. The monoisotopic (exact) mass is 274 g/mol. The summed E-state index contributed by atoms with van der Waals surface area (Å²) in [6.07, 6.45) is 0. The molecule has 1 aromatic rings. The molecule has 0 saturated carbocycles. The van der Waals surface area contributed by atoms with Crippen LogP contribution < -0.4 is 10.6 Å². The topological polar surface area (TPSA) is 49.5 Å². The van der Waals surface area contributed by atoms with Gasteiger partial charge in [-0.25, -0.2) is 8.78 Å². The Bertz CT molecular complexity index is 454. The number of rotatable bonds is 4. The summed E-state index contributed by atoms with van der Waals surface area (Å²) >= 11 is 4.68. The average molecular weight is 274 g/mol. The summed E-state index contributed by atoms with van der Waals surface area (Å²) in [6.45, 7) is 3.11. The van der Waals surface area contributed by atoms with E-state index in [0.717, 1.165) is 12.1 Å². The van der Waals surface area contributed by atoms with Crippen molar-refractivity contribution in [1.29, 1.82) is 0 Å². The van der Waals surface area contributed by atoms with Crippen molar-refractivity contribution in [1.82, 2.24) is 0 Å². The lowest BCUT2D eigenvalue weighted by Crippen LogP contribution is -2.45. The SMILES string of the molecule is CN(c1c(F)cc(C(N)=S)cc1F)C(C)(C)CO. The molecule has 0 spiro atoms. The fourth-order valence-electron chi connectivity index (χ4n) is 1.44. The summed E-state index contributed by atoms with van der Waals surface area (Å²) in [7, 11) is 1.51. The van der Waals surface area contributed by atoms with Crippen LogP contribution in [0.4, 0.5) is 14.5 Å². The summed E-state index contributed by atoms with van der Waals surface area (Å²) in [6, 6.07) is 2.18. The third-order valence-corrected chi connectivity index (χ3v) is 3.17. The molecular formula is C12H16F2N2OS. The maximum Gasteiger partial charge on any atom is 0.150 e. The van der Waals surface area contributed by atoms with Crippen LogP contribution in [-0.2, 0) is 0 Å². The second-order valence-corrected chi connectivity index (χ2v) is 5.12. The lowest BCUT2D eigenvalue weighted by atomic mass is 10.0. The quantitative estimate of drug-likeness (QED) is 0.822. The van der Waals surface area contributed by atoms with Crippen molar-refractivity contribution in [2.75, 3.05) is 18.6 Å². The van der Waals surface area contributed by atoms with Crippen molar-refractivity contribution in [2.24, 2.45) is 5.73 Å². The number of aliphatic hydroxyl groups excluding tert-OH is 1. The van der Waals surface area contributed by atoms with Crippen LogP contribution >= 0.6 is 12.2 Å². The van der Waals surface area contributed by atoms with Gasteiger partial charge >= 0.3 is 0 Å². The molecular weight excluding hydrogens is 258 g/mol. The molecule has 100 valence electrons. The van der Waals surface area contributed by atoms with Crippen LogP contribution in [-0.4, -0.2) is 29.3 Å². The molecule has 0 aliphatic heterocycles. The van der Waals surface area contributed by atoms with Crippen LogP contribution in [0, 0.1) is 11.6 Å². The van der Waals surface area contributed by atoms with Crippen molar-refractivity contribution in [3.05, 3.63) is 29.3 Å². The van der Waals surface area contributed by atoms with Gasteiger partial charge in [0.25, 0.3) is 0 Å². The molecule has 0 unspecified atom stereocenters. The molecule has 1 aromatic carbocycles. The number of nitrogens with zero attached hydrogens (tertiary/aromatic N) is 1. The maximum atomic E-state index is 13.9. The zero-order valence-electron chi connectivity index (χ0n) is 10.5. The van der Waals surface area contributed by atoms with E-state index >= 15 is 0 Å². The summed E-state index contributed by atoms with van der Waals surface area (Å²) in [4.78, 5) is 1.28. The zero-order valence-corrected chi connectivity index (χ0v) is 11.3. The lowest BCUT2D eigenvalue weighted by molar-refractivity contribution is 0.215. The van der Waals surface area contributed by atoms with Crippen LogP contribution in [0.5, 0.6) is 0 Å². The average Bonchev–Trinajstić information content (AvgIpc) is 2.27. The minimum atomic E-state index is -0.785. The van der Waals surface area contributed by atoms with Crippen molar-refractivity contribution >= 4 is 22.9 Å². The van der Waals surface area contributed by atoms with Crippen LogP contribution in [0.3, 0.4) is 0 Å². The fourth-order valence-corrected chi connectivity index (χ4v) is 1.55. The Kier molecular flexibility index (Phi) is 4.24. The van der Waals surface area contributed by atoms with Gasteiger partial charge in [0, 0.05) is 12.6 Å². The van der Waals surface area contributed by atoms with Crippen LogP contribution in [0.1, 0.15) is 19.4 Å². The number of hydrogen-bond acceptors (Lipinski definition) is 3. The van der Waals surface area contributed by atoms with Gasteiger partial charge in [-0.2, -0.15) is 0 Å². The van der Waals surface area contributed by atoms with Gasteiger partial charge < -0.3 is 15.7 Å². The number of anilines is 1. The van der Waals surface area contributed by atoms with E-state index in [9.17, 15) is 13.9 Å². The minimum Gasteiger partial charge on any atom is -0.394 e. The first-order chi connectivity index (χ1) is 8.20. The standard InChI is InChI=1S/C12H16F2N2OS/c1-12(2,6-17)16(3)10-8(13)4-7(11(15)18)5-9(10)14/h4-5,17H,6H2,1-3H3,(H2,15,18). The first-order valence-corrected chi connectivity index (χ1v) is 5.75. The van der Waals surface area contributed by atoms with Gasteiger partial charge in [0.1, 0.15) is 22.3 Å². The minimum absolute atomic E-state index is 0.0663. The highest BCUT2D eigenvalue weighted by atomic mass is 32.1. The van der Waals surface area contributed by atoms with E-state index in [1.54, 1.807) is 13.8 Å².